The number of phenolic OH excluding ortho intramolecular Hbond substituents is 1. The second-order valence-corrected chi connectivity index (χ2v) is 4.29. The van der Waals surface area contributed by atoms with Gasteiger partial charge >= 0.3 is 0 Å². The molecule has 0 spiro atoms. The van der Waals surface area contributed by atoms with Gasteiger partial charge in [0.1, 0.15) is 11.6 Å². The Bertz CT molecular complexity index is 657. The third-order valence-electron chi connectivity index (χ3n) is 2.49. The molecule has 0 aliphatic carbocycles. The molecule has 4 nitrogen and oxygen atoms in total. The molecule has 0 heterocycles. The molecule has 0 aliphatic rings. The molecule has 0 bridgehead atoms. The summed E-state index contributed by atoms with van der Waals surface area (Å²) in [4.78, 5) is 11.7. The number of aromatic hydroxyl groups is 1. The van der Waals surface area contributed by atoms with Gasteiger partial charge in [0.15, 0.2) is 0 Å². The molecule has 2 rings (SSSR count). The van der Waals surface area contributed by atoms with E-state index in [1.54, 1.807) is 12.1 Å². The van der Waals surface area contributed by atoms with Crippen LogP contribution in [-0.2, 0) is 0 Å². The van der Waals surface area contributed by atoms with E-state index < -0.39 is 11.7 Å². The quantitative estimate of drug-likeness (QED) is 0.675. The van der Waals surface area contributed by atoms with E-state index in [0.717, 1.165) is 0 Å². The van der Waals surface area contributed by atoms with Crippen molar-refractivity contribution in [3.63, 3.8) is 0 Å². The van der Waals surface area contributed by atoms with Crippen molar-refractivity contribution in [3.8, 4) is 5.75 Å². The number of carbonyl (C=O) groups excluding carboxylic acids is 1. The fraction of sp³-hybridized carbons (Fsp3) is 0. The van der Waals surface area contributed by atoms with Crippen molar-refractivity contribution in [2.24, 2.45) is 5.10 Å². The highest BCUT2D eigenvalue weighted by Gasteiger charge is 2.05. The SMILES string of the molecule is O=C(NN=Cc1cccc(Cl)c1O)c1ccc(F)cc1. The Morgan fingerprint density at radius 3 is 2.65 bits per heavy atom. The number of hydrazone groups is 1. The van der Waals surface area contributed by atoms with Crippen LogP contribution in [-0.4, -0.2) is 17.2 Å². The minimum Gasteiger partial charge on any atom is -0.506 e. The van der Waals surface area contributed by atoms with Crippen LogP contribution in [0.15, 0.2) is 47.6 Å². The molecule has 102 valence electrons. The van der Waals surface area contributed by atoms with Gasteiger partial charge in [-0.15, -0.1) is 0 Å². The first-order valence-electron chi connectivity index (χ1n) is 5.64. The molecule has 6 heteroatoms. The van der Waals surface area contributed by atoms with E-state index in [-0.39, 0.29) is 16.3 Å². The minimum atomic E-state index is -0.484. The molecule has 2 aromatic rings. The molecule has 0 atom stereocenters. The second-order valence-electron chi connectivity index (χ2n) is 3.88. The molecule has 0 fully saturated rings. The Balaban J connectivity index is 2.04. The van der Waals surface area contributed by atoms with Crippen molar-refractivity contribution in [2.45, 2.75) is 0 Å². The van der Waals surface area contributed by atoms with Gasteiger partial charge in [0, 0.05) is 11.1 Å². The Morgan fingerprint density at radius 2 is 1.95 bits per heavy atom. The molecule has 0 radical (unpaired) electrons. The maximum atomic E-state index is 12.7. The van der Waals surface area contributed by atoms with Crippen molar-refractivity contribution < 1.29 is 14.3 Å². The van der Waals surface area contributed by atoms with Gasteiger partial charge in [-0.1, -0.05) is 17.7 Å². The zero-order valence-electron chi connectivity index (χ0n) is 10.2. The van der Waals surface area contributed by atoms with E-state index in [0.29, 0.717) is 5.56 Å². The Kier molecular flexibility index (Phi) is 4.32. The van der Waals surface area contributed by atoms with Crippen LogP contribution in [0, 0.1) is 5.82 Å². The smallest absolute Gasteiger partial charge is 0.271 e. The van der Waals surface area contributed by atoms with Crippen LogP contribution in [0.3, 0.4) is 0 Å². The lowest BCUT2D eigenvalue weighted by atomic mass is 10.2. The Morgan fingerprint density at radius 1 is 1.25 bits per heavy atom. The lowest BCUT2D eigenvalue weighted by Gasteiger charge is -2.01. The molecule has 0 saturated carbocycles. The van der Waals surface area contributed by atoms with E-state index >= 15 is 0 Å². The number of hydrogen-bond acceptors (Lipinski definition) is 3. The van der Waals surface area contributed by atoms with Gasteiger partial charge in [-0.3, -0.25) is 4.79 Å². The summed E-state index contributed by atoms with van der Waals surface area (Å²) in [5.74, 6) is -1.02. The van der Waals surface area contributed by atoms with Gasteiger partial charge in [0.2, 0.25) is 0 Å². The molecular weight excluding hydrogens is 283 g/mol. The Labute approximate surface area is 119 Å². The normalized spacial score (nSPS) is 10.7. The summed E-state index contributed by atoms with van der Waals surface area (Å²) >= 11 is 5.73. The van der Waals surface area contributed by atoms with Crippen LogP contribution >= 0.6 is 11.6 Å². The summed E-state index contributed by atoms with van der Waals surface area (Å²) in [5, 5.41) is 13.5. The molecule has 1 amide bonds. The number of phenols is 1. The maximum Gasteiger partial charge on any atom is 0.271 e. The molecule has 2 N–H and O–H groups in total. The van der Waals surface area contributed by atoms with Gasteiger partial charge in [-0.05, 0) is 36.4 Å². The summed E-state index contributed by atoms with van der Waals surface area (Å²) in [6.07, 6.45) is 1.27. The zero-order chi connectivity index (χ0) is 14.5. The third-order valence-corrected chi connectivity index (χ3v) is 2.80. The first-order chi connectivity index (χ1) is 9.58. The van der Waals surface area contributed by atoms with Crippen LogP contribution < -0.4 is 5.43 Å². The summed E-state index contributed by atoms with van der Waals surface area (Å²) < 4.78 is 12.7. The zero-order valence-corrected chi connectivity index (χ0v) is 10.9. The van der Waals surface area contributed by atoms with Crippen molar-refractivity contribution >= 4 is 23.7 Å². The van der Waals surface area contributed by atoms with Crippen LogP contribution in [0.5, 0.6) is 5.75 Å². The lowest BCUT2D eigenvalue weighted by Crippen LogP contribution is -2.17. The number of halogens is 2. The van der Waals surface area contributed by atoms with Gasteiger partial charge in [0.25, 0.3) is 5.91 Å². The highest BCUT2D eigenvalue weighted by molar-refractivity contribution is 6.32. The number of nitrogens with one attached hydrogen (secondary N) is 1. The number of carbonyl (C=O) groups is 1. The lowest BCUT2D eigenvalue weighted by molar-refractivity contribution is 0.0955. The van der Waals surface area contributed by atoms with Crippen LogP contribution in [0.4, 0.5) is 4.39 Å². The number of para-hydroxylation sites is 1. The predicted octanol–water partition coefficient (Wildman–Crippen LogP) is 2.95. The van der Waals surface area contributed by atoms with Gasteiger partial charge in [0.05, 0.1) is 11.2 Å². The minimum absolute atomic E-state index is 0.117. The van der Waals surface area contributed by atoms with Crippen LogP contribution in [0.25, 0.3) is 0 Å². The number of nitrogens with zero attached hydrogens (tertiary/aromatic N) is 1. The van der Waals surface area contributed by atoms with Gasteiger partial charge in [-0.2, -0.15) is 5.10 Å². The highest BCUT2D eigenvalue weighted by atomic mass is 35.5. The fourth-order valence-electron chi connectivity index (χ4n) is 1.46. The fourth-order valence-corrected chi connectivity index (χ4v) is 1.64. The standard InChI is InChI=1S/C14H10ClFN2O2/c15-12-3-1-2-10(13(12)19)8-17-18-14(20)9-4-6-11(16)7-5-9/h1-8,19H,(H,18,20). The molecule has 0 aliphatic heterocycles. The predicted molar refractivity (Wildman–Crippen MR) is 74.6 cm³/mol. The first kappa shape index (κ1) is 14.0. The highest BCUT2D eigenvalue weighted by Crippen LogP contribution is 2.25. The van der Waals surface area contributed by atoms with E-state index in [9.17, 15) is 14.3 Å². The number of amides is 1. The van der Waals surface area contributed by atoms with Gasteiger partial charge in [-0.25, -0.2) is 9.82 Å². The molecule has 0 saturated heterocycles. The molecule has 0 aromatic heterocycles. The average Bonchev–Trinajstić information content (AvgIpc) is 2.44. The van der Waals surface area contributed by atoms with E-state index in [4.69, 9.17) is 11.6 Å². The number of rotatable bonds is 3. The van der Waals surface area contributed by atoms with Crippen molar-refractivity contribution in [3.05, 3.63) is 64.4 Å². The van der Waals surface area contributed by atoms with E-state index in [1.165, 1.54) is 36.5 Å². The van der Waals surface area contributed by atoms with Crippen LogP contribution in [0.1, 0.15) is 15.9 Å². The number of hydrogen-bond donors (Lipinski definition) is 2. The van der Waals surface area contributed by atoms with Gasteiger partial charge < -0.3 is 5.11 Å². The first-order valence-corrected chi connectivity index (χ1v) is 6.02. The van der Waals surface area contributed by atoms with Crippen molar-refractivity contribution in [1.82, 2.24) is 5.43 Å². The summed E-state index contributed by atoms with van der Waals surface area (Å²) in [7, 11) is 0. The van der Waals surface area contributed by atoms with Crippen molar-refractivity contribution in [1.29, 1.82) is 0 Å². The van der Waals surface area contributed by atoms with E-state index in [1.807, 2.05) is 0 Å². The topological polar surface area (TPSA) is 61.7 Å². The maximum absolute atomic E-state index is 12.7. The monoisotopic (exact) mass is 292 g/mol. The average molecular weight is 293 g/mol. The summed E-state index contributed by atoms with van der Waals surface area (Å²) in [6.45, 7) is 0. The molecule has 2 aromatic carbocycles. The molecule has 0 unspecified atom stereocenters. The number of benzene rings is 2. The summed E-state index contributed by atoms with van der Waals surface area (Å²) in [5.41, 5.74) is 2.92. The van der Waals surface area contributed by atoms with E-state index in [2.05, 4.69) is 10.5 Å². The van der Waals surface area contributed by atoms with Crippen molar-refractivity contribution in [2.75, 3.05) is 0 Å². The molecule has 20 heavy (non-hydrogen) atoms. The Hall–Kier alpha value is -2.40. The second kappa shape index (κ2) is 6.16. The summed E-state index contributed by atoms with van der Waals surface area (Å²) in [6, 6.07) is 9.82. The van der Waals surface area contributed by atoms with Crippen LogP contribution in [0.2, 0.25) is 5.02 Å². The third kappa shape index (κ3) is 3.33. The molecular formula is C14H10ClFN2O2. The largest absolute Gasteiger partial charge is 0.506 e.